The largest absolute Gasteiger partial charge is 0.489 e. The SMILES string of the molecule is CC/C=C/N=C(Nc1ccc(Oc2ccc3c(c2)ncn3C)c(C)c1)c1c(C)ccc(C)c1OC1CCNCC1C(C)CC. The predicted molar refractivity (Wildman–Crippen MR) is 182 cm³/mol. The summed E-state index contributed by atoms with van der Waals surface area (Å²) in [6.45, 7) is 15.0. The van der Waals surface area contributed by atoms with Gasteiger partial charge in [-0.2, -0.15) is 0 Å². The van der Waals surface area contributed by atoms with Crippen LogP contribution in [-0.2, 0) is 7.05 Å². The zero-order chi connectivity index (χ0) is 31.2. The maximum Gasteiger partial charge on any atom is 0.141 e. The van der Waals surface area contributed by atoms with E-state index in [1.54, 1.807) is 0 Å². The van der Waals surface area contributed by atoms with Gasteiger partial charge in [-0.15, -0.1) is 0 Å². The summed E-state index contributed by atoms with van der Waals surface area (Å²) in [5.74, 6) is 4.29. The second-order valence-electron chi connectivity index (χ2n) is 12.1. The van der Waals surface area contributed by atoms with Crippen LogP contribution >= 0.6 is 0 Å². The minimum atomic E-state index is 0.155. The van der Waals surface area contributed by atoms with E-state index in [0.717, 1.165) is 94.4 Å². The standard InChI is InChI=1S/C37H47N5O2/c1-8-10-18-39-37(35-25(4)11-12-26(5)36(35)44-34-17-19-38-22-30(34)24(3)9-2)41-28-13-16-33(27(6)20-28)43-29-14-15-32-31(21-29)40-23-42(32)7/h10-16,18,20-21,23-24,30,34,38H,8-9,17,19,22H2,1-7H3,(H,39,41)/b18-10+. The normalized spacial score (nSPS) is 18.1. The summed E-state index contributed by atoms with van der Waals surface area (Å²) in [6.07, 6.45) is 8.97. The van der Waals surface area contributed by atoms with Crippen LogP contribution in [0.15, 0.2) is 72.1 Å². The van der Waals surface area contributed by atoms with Crippen molar-refractivity contribution in [2.45, 2.75) is 66.9 Å². The number of fused-ring (bicyclic) bond motifs is 1. The highest BCUT2D eigenvalue weighted by Gasteiger charge is 2.32. The van der Waals surface area contributed by atoms with Crippen LogP contribution < -0.4 is 20.1 Å². The Morgan fingerprint density at radius 2 is 1.91 bits per heavy atom. The summed E-state index contributed by atoms with van der Waals surface area (Å²) in [4.78, 5) is 9.41. The van der Waals surface area contributed by atoms with Gasteiger partial charge < -0.3 is 24.7 Å². The lowest BCUT2D eigenvalue weighted by Crippen LogP contribution is -2.46. The van der Waals surface area contributed by atoms with Crippen molar-refractivity contribution in [3.8, 4) is 17.2 Å². The third-order valence-electron chi connectivity index (χ3n) is 8.81. The number of aryl methyl sites for hydroxylation is 4. The smallest absolute Gasteiger partial charge is 0.141 e. The number of benzene rings is 3. The van der Waals surface area contributed by atoms with Crippen LogP contribution in [0.4, 0.5) is 5.69 Å². The van der Waals surface area contributed by atoms with Gasteiger partial charge in [0, 0.05) is 37.5 Å². The molecule has 232 valence electrons. The highest BCUT2D eigenvalue weighted by atomic mass is 16.5. The van der Waals surface area contributed by atoms with E-state index in [4.69, 9.17) is 14.5 Å². The van der Waals surface area contributed by atoms with Gasteiger partial charge in [0.15, 0.2) is 0 Å². The Balaban J connectivity index is 1.45. The lowest BCUT2D eigenvalue weighted by atomic mass is 9.83. The number of imidazole rings is 1. The number of hydrogen-bond acceptors (Lipinski definition) is 5. The predicted octanol–water partition coefficient (Wildman–Crippen LogP) is 8.48. The van der Waals surface area contributed by atoms with Gasteiger partial charge in [0.1, 0.15) is 29.2 Å². The van der Waals surface area contributed by atoms with E-state index >= 15 is 0 Å². The number of hydrogen-bond donors (Lipinski definition) is 2. The number of rotatable bonds is 10. The average molecular weight is 594 g/mol. The van der Waals surface area contributed by atoms with Crippen molar-refractivity contribution in [2.75, 3.05) is 18.4 Å². The van der Waals surface area contributed by atoms with Gasteiger partial charge in [-0.3, -0.25) is 0 Å². The Kier molecular flexibility index (Phi) is 10.1. The van der Waals surface area contributed by atoms with Crippen molar-refractivity contribution in [1.82, 2.24) is 14.9 Å². The molecule has 0 saturated carbocycles. The van der Waals surface area contributed by atoms with Crippen molar-refractivity contribution in [2.24, 2.45) is 23.9 Å². The molecule has 4 aromatic rings. The fourth-order valence-electron chi connectivity index (χ4n) is 5.93. The number of piperidine rings is 1. The van der Waals surface area contributed by atoms with Gasteiger partial charge in [0.2, 0.25) is 0 Å². The molecule has 3 aromatic carbocycles. The lowest BCUT2D eigenvalue weighted by molar-refractivity contribution is 0.0694. The number of anilines is 1. The zero-order valence-corrected chi connectivity index (χ0v) is 27.3. The minimum absolute atomic E-state index is 0.155. The van der Waals surface area contributed by atoms with Gasteiger partial charge in [-0.1, -0.05) is 45.4 Å². The molecule has 1 aliphatic heterocycles. The highest BCUT2D eigenvalue weighted by molar-refractivity contribution is 6.11. The van der Waals surface area contributed by atoms with E-state index < -0.39 is 0 Å². The molecule has 1 aliphatic rings. The number of nitrogens with zero attached hydrogens (tertiary/aromatic N) is 3. The zero-order valence-electron chi connectivity index (χ0n) is 27.3. The average Bonchev–Trinajstić information content (AvgIpc) is 3.39. The van der Waals surface area contributed by atoms with E-state index in [1.165, 1.54) is 0 Å². The molecule has 5 rings (SSSR count). The summed E-state index contributed by atoms with van der Waals surface area (Å²) in [6, 6.07) is 16.5. The van der Waals surface area contributed by atoms with Crippen molar-refractivity contribution in [1.29, 1.82) is 0 Å². The Bertz CT molecular complexity index is 1650. The molecule has 3 unspecified atom stereocenters. The third kappa shape index (κ3) is 6.99. The minimum Gasteiger partial charge on any atom is -0.489 e. The third-order valence-corrected chi connectivity index (χ3v) is 8.81. The van der Waals surface area contributed by atoms with Crippen molar-refractivity contribution in [3.05, 3.63) is 89.4 Å². The Morgan fingerprint density at radius 1 is 1.09 bits per heavy atom. The first-order chi connectivity index (χ1) is 21.3. The summed E-state index contributed by atoms with van der Waals surface area (Å²) in [5.41, 5.74) is 7.18. The second kappa shape index (κ2) is 14.1. The number of amidine groups is 1. The van der Waals surface area contributed by atoms with E-state index in [1.807, 2.05) is 54.5 Å². The first kappa shape index (κ1) is 31.3. The Morgan fingerprint density at radius 3 is 2.68 bits per heavy atom. The number of ether oxygens (including phenoxy) is 2. The lowest BCUT2D eigenvalue weighted by Gasteiger charge is -2.37. The van der Waals surface area contributed by atoms with Gasteiger partial charge in [0.25, 0.3) is 0 Å². The molecule has 7 nitrogen and oxygen atoms in total. The molecule has 0 amide bonds. The molecular weight excluding hydrogens is 546 g/mol. The Hall–Kier alpha value is -4.10. The van der Waals surface area contributed by atoms with Gasteiger partial charge >= 0.3 is 0 Å². The fourth-order valence-corrected chi connectivity index (χ4v) is 5.93. The molecule has 7 heteroatoms. The number of aliphatic imine (C=N–C) groups is 1. The van der Waals surface area contributed by atoms with Gasteiger partial charge in [-0.05, 0) is 93.1 Å². The molecular formula is C37H47N5O2. The Labute approximate surface area is 262 Å². The molecule has 0 aliphatic carbocycles. The van der Waals surface area contributed by atoms with Crippen LogP contribution in [0.2, 0.25) is 0 Å². The molecule has 2 N–H and O–H groups in total. The van der Waals surface area contributed by atoms with Crippen LogP contribution in [0, 0.1) is 32.6 Å². The molecule has 44 heavy (non-hydrogen) atoms. The molecule has 0 bridgehead atoms. The van der Waals surface area contributed by atoms with E-state index in [9.17, 15) is 0 Å². The summed E-state index contributed by atoms with van der Waals surface area (Å²) >= 11 is 0. The molecule has 2 heterocycles. The maximum absolute atomic E-state index is 6.99. The highest BCUT2D eigenvalue weighted by Crippen LogP contribution is 2.35. The summed E-state index contributed by atoms with van der Waals surface area (Å²) < 4.78 is 15.3. The summed E-state index contributed by atoms with van der Waals surface area (Å²) in [5, 5.41) is 7.23. The van der Waals surface area contributed by atoms with Crippen molar-refractivity contribution in [3.63, 3.8) is 0 Å². The molecule has 1 fully saturated rings. The van der Waals surface area contributed by atoms with E-state index in [2.05, 4.69) is 81.4 Å². The molecule has 0 radical (unpaired) electrons. The van der Waals surface area contributed by atoms with E-state index in [0.29, 0.717) is 11.8 Å². The number of nitrogens with one attached hydrogen (secondary N) is 2. The van der Waals surface area contributed by atoms with Crippen LogP contribution in [0.1, 0.15) is 62.3 Å². The monoisotopic (exact) mass is 593 g/mol. The second-order valence-corrected chi connectivity index (χ2v) is 12.1. The maximum atomic E-state index is 6.99. The van der Waals surface area contributed by atoms with E-state index in [-0.39, 0.29) is 6.10 Å². The van der Waals surface area contributed by atoms with Crippen molar-refractivity contribution >= 4 is 22.6 Å². The topological polar surface area (TPSA) is 72.7 Å². The fraction of sp³-hybridized carbons (Fsp3) is 0.405. The first-order valence-corrected chi connectivity index (χ1v) is 16.0. The van der Waals surface area contributed by atoms with Crippen LogP contribution in [-0.4, -0.2) is 34.6 Å². The van der Waals surface area contributed by atoms with Crippen LogP contribution in [0.3, 0.4) is 0 Å². The molecule has 0 spiro atoms. The quantitative estimate of drug-likeness (QED) is 0.143. The van der Waals surface area contributed by atoms with Crippen LogP contribution in [0.25, 0.3) is 11.0 Å². The number of allylic oxidation sites excluding steroid dienone is 1. The number of aromatic nitrogens is 2. The van der Waals surface area contributed by atoms with Crippen LogP contribution in [0.5, 0.6) is 17.2 Å². The molecule has 1 saturated heterocycles. The molecule has 3 atom stereocenters. The van der Waals surface area contributed by atoms with Gasteiger partial charge in [0.05, 0.1) is 22.9 Å². The molecule has 1 aromatic heterocycles. The van der Waals surface area contributed by atoms with Crippen molar-refractivity contribution < 1.29 is 9.47 Å². The summed E-state index contributed by atoms with van der Waals surface area (Å²) in [7, 11) is 1.99. The first-order valence-electron chi connectivity index (χ1n) is 16.0. The van der Waals surface area contributed by atoms with Gasteiger partial charge in [-0.25, -0.2) is 9.98 Å².